The van der Waals surface area contributed by atoms with Crippen molar-refractivity contribution < 1.29 is 9.90 Å². The first kappa shape index (κ1) is 13.9. The number of likely N-dealkylation sites (N-methyl/N-ethyl adjacent to an activating group) is 1. The summed E-state index contributed by atoms with van der Waals surface area (Å²) in [5.41, 5.74) is 2.55. The van der Waals surface area contributed by atoms with E-state index in [1.165, 1.54) is 0 Å². The number of nitrogens with zero attached hydrogens (tertiary/aromatic N) is 2. The Hall–Kier alpha value is -1.55. The van der Waals surface area contributed by atoms with Gasteiger partial charge in [-0.15, -0.1) is 0 Å². The van der Waals surface area contributed by atoms with Gasteiger partial charge < -0.3 is 14.9 Å². The Bertz CT molecular complexity index is 485. The van der Waals surface area contributed by atoms with Gasteiger partial charge in [0.1, 0.15) is 0 Å². The van der Waals surface area contributed by atoms with Crippen molar-refractivity contribution in [2.45, 2.75) is 19.9 Å². The fourth-order valence-corrected chi connectivity index (χ4v) is 2.96. The van der Waals surface area contributed by atoms with Crippen molar-refractivity contribution in [2.24, 2.45) is 5.92 Å². The molecular formula is C15H22N2O2. The van der Waals surface area contributed by atoms with Gasteiger partial charge in [0, 0.05) is 24.8 Å². The second-order valence-corrected chi connectivity index (χ2v) is 5.72. The van der Waals surface area contributed by atoms with Crippen molar-refractivity contribution in [2.75, 3.05) is 32.1 Å². The Labute approximate surface area is 114 Å². The zero-order chi connectivity index (χ0) is 14.2. The molecule has 1 N–H and O–H groups in total. The van der Waals surface area contributed by atoms with Gasteiger partial charge in [-0.25, -0.2) is 4.79 Å². The number of rotatable bonds is 3. The third kappa shape index (κ3) is 2.73. The summed E-state index contributed by atoms with van der Waals surface area (Å²) in [5.74, 6) is -0.246. The molecule has 2 unspecified atom stereocenters. The van der Waals surface area contributed by atoms with E-state index in [2.05, 4.69) is 30.8 Å². The van der Waals surface area contributed by atoms with E-state index in [-0.39, 0.29) is 0 Å². The second kappa shape index (κ2) is 5.21. The summed E-state index contributed by atoms with van der Waals surface area (Å²) in [6, 6.07) is 5.94. The standard InChI is InChI=1S/C15H22N2O2/c1-10-7-12(15(18)19)5-6-13(10)17-8-11(2)14(9-17)16(3)4/h5-7,11,14H,8-9H2,1-4H3,(H,18,19). The van der Waals surface area contributed by atoms with Gasteiger partial charge in [-0.05, 0) is 50.7 Å². The van der Waals surface area contributed by atoms with E-state index >= 15 is 0 Å². The Morgan fingerprint density at radius 3 is 2.53 bits per heavy atom. The van der Waals surface area contributed by atoms with E-state index in [0.717, 1.165) is 24.3 Å². The number of hydrogen-bond donors (Lipinski definition) is 1. The second-order valence-electron chi connectivity index (χ2n) is 5.72. The maximum Gasteiger partial charge on any atom is 0.335 e. The molecule has 1 fully saturated rings. The van der Waals surface area contributed by atoms with Gasteiger partial charge in [-0.1, -0.05) is 6.92 Å². The Kier molecular flexibility index (Phi) is 3.80. The predicted molar refractivity (Wildman–Crippen MR) is 77.0 cm³/mol. The monoisotopic (exact) mass is 262 g/mol. The average Bonchev–Trinajstić information content (AvgIpc) is 2.71. The van der Waals surface area contributed by atoms with Crippen molar-refractivity contribution in [1.82, 2.24) is 4.90 Å². The quantitative estimate of drug-likeness (QED) is 0.905. The lowest BCUT2D eigenvalue weighted by Crippen LogP contribution is -2.34. The Morgan fingerprint density at radius 1 is 1.37 bits per heavy atom. The summed E-state index contributed by atoms with van der Waals surface area (Å²) in [6.45, 7) is 6.28. The Balaban J connectivity index is 2.22. The first-order chi connectivity index (χ1) is 8.90. The first-order valence-corrected chi connectivity index (χ1v) is 6.65. The molecule has 4 nitrogen and oxygen atoms in total. The number of aromatic carboxylic acids is 1. The van der Waals surface area contributed by atoms with Crippen LogP contribution in [0.25, 0.3) is 0 Å². The molecule has 1 aromatic carbocycles. The summed E-state index contributed by atoms with van der Waals surface area (Å²) in [4.78, 5) is 15.6. The lowest BCUT2D eigenvalue weighted by atomic mass is 10.1. The van der Waals surface area contributed by atoms with Gasteiger partial charge >= 0.3 is 5.97 Å². The molecular weight excluding hydrogens is 240 g/mol. The molecule has 0 saturated carbocycles. The zero-order valence-electron chi connectivity index (χ0n) is 12.1. The van der Waals surface area contributed by atoms with Gasteiger partial charge in [0.05, 0.1) is 5.56 Å². The molecule has 0 amide bonds. The molecule has 0 bridgehead atoms. The summed E-state index contributed by atoms with van der Waals surface area (Å²) in [5, 5.41) is 9.00. The number of aryl methyl sites for hydroxylation is 1. The zero-order valence-corrected chi connectivity index (χ0v) is 12.1. The highest BCUT2D eigenvalue weighted by atomic mass is 16.4. The maximum atomic E-state index is 11.0. The summed E-state index contributed by atoms with van der Waals surface area (Å²) >= 11 is 0. The van der Waals surface area contributed by atoms with Gasteiger partial charge in [0.2, 0.25) is 0 Å². The van der Waals surface area contributed by atoms with Crippen molar-refractivity contribution in [3.8, 4) is 0 Å². The lowest BCUT2D eigenvalue weighted by molar-refractivity contribution is 0.0697. The third-order valence-electron chi connectivity index (χ3n) is 4.02. The van der Waals surface area contributed by atoms with Crippen molar-refractivity contribution in [3.05, 3.63) is 29.3 Å². The third-order valence-corrected chi connectivity index (χ3v) is 4.02. The summed E-state index contributed by atoms with van der Waals surface area (Å²) in [6.07, 6.45) is 0. The minimum Gasteiger partial charge on any atom is -0.478 e. The molecule has 2 rings (SSSR count). The molecule has 0 aliphatic carbocycles. The van der Waals surface area contributed by atoms with E-state index in [1.54, 1.807) is 12.1 Å². The van der Waals surface area contributed by atoms with Crippen LogP contribution in [0.2, 0.25) is 0 Å². The van der Waals surface area contributed by atoms with Crippen LogP contribution in [0.15, 0.2) is 18.2 Å². The van der Waals surface area contributed by atoms with Gasteiger partial charge in [0.15, 0.2) is 0 Å². The summed E-state index contributed by atoms with van der Waals surface area (Å²) < 4.78 is 0. The highest BCUT2D eigenvalue weighted by Crippen LogP contribution is 2.29. The van der Waals surface area contributed by atoms with Crippen LogP contribution in [-0.2, 0) is 0 Å². The van der Waals surface area contributed by atoms with Crippen LogP contribution in [-0.4, -0.2) is 49.2 Å². The van der Waals surface area contributed by atoms with Crippen LogP contribution in [0.5, 0.6) is 0 Å². The predicted octanol–water partition coefficient (Wildman–Crippen LogP) is 2.08. The summed E-state index contributed by atoms with van der Waals surface area (Å²) in [7, 11) is 4.23. The fraction of sp³-hybridized carbons (Fsp3) is 0.533. The first-order valence-electron chi connectivity index (χ1n) is 6.65. The van der Waals surface area contributed by atoms with Gasteiger partial charge in [0.25, 0.3) is 0 Å². The molecule has 1 aliphatic rings. The Morgan fingerprint density at radius 2 is 2.05 bits per heavy atom. The molecule has 104 valence electrons. The number of hydrogen-bond acceptors (Lipinski definition) is 3. The van der Waals surface area contributed by atoms with Crippen molar-refractivity contribution in [3.63, 3.8) is 0 Å². The van der Waals surface area contributed by atoms with Crippen molar-refractivity contribution >= 4 is 11.7 Å². The smallest absolute Gasteiger partial charge is 0.335 e. The number of carboxylic acid groups (broad SMARTS) is 1. The van der Waals surface area contributed by atoms with Crippen LogP contribution >= 0.6 is 0 Å². The van der Waals surface area contributed by atoms with Gasteiger partial charge in [-0.2, -0.15) is 0 Å². The number of carbonyl (C=O) groups is 1. The maximum absolute atomic E-state index is 11.0. The molecule has 1 aliphatic heterocycles. The van der Waals surface area contributed by atoms with E-state index in [0.29, 0.717) is 17.5 Å². The van der Waals surface area contributed by atoms with Crippen LogP contribution < -0.4 is 4.90 Å². The van der Waals surface area contributed by atoms with Crippen LogP contribution in [0, 0.1) is 12.8 Å². The van der Waals surface area contributed by atoms with Gasteiger partial charge in [-0.3, -0.25) is 0 Å². The molecule has 19 heavy (non-hydrogen) atoms. The van der Waals surface area contributed by atoms with E-state index in [9.17, 15) is 4.79 Å². The molecule has 0 aromatic heterocycles. The van der Waals surface area contributed by atoms with Crippen LogP contribution in [0.3, 0.4) is 0 Å². The molecule has 4 heteroatoms. The topological polar surface area (TPSA) is 43.8 Å². The minimum atomic E-state index is -0.865. The van der Waals surface area contributed by atoms with Crippen LogP contribution in [0.4, 0.5) is 5.69 Å². The average molecular weight is 262 g/mol. The molecule has 1 saturated heterocycles. The van der Waals surface area contributed by atoms with E-state index in [1.807, 2.05) is 13.0 Å². The largest absolute Gasteiger partial charge is 0.478 e. The highest BCUT2D eigenvalue weighted by molar-refractivity contribution is 5.88. The molecule has 0 spiro atoms. The molecule has 1 aromatic rings. The van der Waals surface area contributed by atoms with E-state index < -0.39 is 5.97 Å². The number of benzene rings is 1. The highest BCUT2D eigenvalue weighted by Gasteiger charge is 2.31. The molecule has 1 heterocycles. The van der Waals surface area contributed by atoms with Crippen molar-refractivity contribution in [1.29, 1.82) is 0 Å². The van der Waals surface area contributed by atoms with E-state index in [4.69, 9.17) is 5.11 Å². The van der Waals surface area contributed by atoms with Crippen LogP contribution in [0.1, 0.15) is 22.8 Å². The fourth-order valence-electron chi connectivity index (χ4n) is 2.96. The molecule has 0 radical (unpaired) electrons. The number of anilines is 1. The molecule has 2 atom stereocenters. The normalized spacial score (nSPS) is 23.1. The minimum absolute atomic E-state index is 0.359. The SMILES string of the molecule is Cc1cc(C(=O)O)ccc1N1CC(C)C(N(C)C)C1. The number of carboxylic acids is 1. The lowest BCUT2D eigenvalue weighted by Gasteiger charge is -2.24.